The van der Waals surface area contributed by atoms with Crippen molar-refractivity contribution >= 4 is 5.97 Å². The standard InChI is InChI=1S/C18H34O3/c1-2-17(19)15-13-11-9-7-5-3-4-6-8-10-12-14-16-18(20)21/h7,9,17,19H,2-6,8,10-16H2,1H3,(H,20,21)/b9-7+. The van der Waals surface area contributed by atoms with E-state index in [0.717, 1.165) is 44.9 Å². The Morgan fingerprint density at radius 1 is 0.905 bits per heavy atom. The van der Waals surface area contributed by atoms with Crippen molar-refractivity contribution in [3.63, 3.8) is 0 Å². The molecule has 1 unspecified atom stereocenters. The van der Waals surface area contributed by atoms with Gasteiger partial charge in [-0.1, -0.05) is 51.2 Å². The number of hydrogen-bond acceptors (Lipinski definition) is 2. The van der Waals surface area contributed by atoms with Crippen LogP contribution in [0.25, 0.3) is 0 Å². The summed E-state index contributed by atoms with van der Waals surface area (Å²) < 4.78 is 0. The van der Waals surface area contributed by atoms with Gasteiger partial charge in [-0.05, 0) is 44.9 Å². The van der Waals surface area contributed by atoms with Crippen LogP contribution in [0.4, 0.5) is 0 Å². The molecule has 0 bridgehead atoms. The Labute approximate surface area is 130 Å². The molecule has 0 aromatic carbocycles. The third-order valence-electron chi connectivity index (χ3n) is 3.81. The number of rotatable bonds is 15. The first-order valence-electron chi connectivity index (χ1n) is 8.71. The summed E-state index contributed by atoms with van der Waals surface area (Å²) in [6, 6.07) is 0. The highest BCUT2D eigenvalue weighted by Gasteiger charge is 1.98. The van der Waals surface area contributed by atoms with Gasteiger partial charge in [-0.3, -0.25) is 4.79 Å². The first-order chi connectivity index (χ1) is 10.2. The molecular weight excluding hydrogens is 264 g/mol. The van der Waals surface area contributed by atoms with E-state index in [9.17, 15) is 9.90 Å². The van der Waals surface area contributed by atoms with Crippen LogP contribution in [0.1, 0.15) is 90.4 Å². The van der Waals surface area contributed by atoms with E-state index in [1.54, 1.807) is 0 Å². The highest BCUT2D eigenvalue weighted by Crippen LogP contribution is 2.10. The van der Waals surface area contributed by atoms with Gasteiger partial charge in [-0.15, -0.1) is 0 Å². The summed E-state index contributed by atoms with van der Waals surface area (Å²) >= 11 is 0. The summed E-state index contributed by atoms with van der Waals surface area (Å²) in [5.41, 5.74) is 0. The van der Waals surface area contributed by atoms with E-state index in [4.69, 9.17) is 5.11 Å². The minimum atomic E-state index is -0.675. The summed E-state index contributed by atoms with van der Waals surface area (Å²) in [6.07, 6.45) is 17.9. The molecule has 3 heteroatoms. The van der Waals surface area contributed by atoms with E-state index < -0.39 is 5.97 Å². The first-order valence-corrected chi connectivity index (χ1v) is 8.71. The second-order valence-corrected chi connectivity index (χ2v) is 5.87. The molecule has 1 atom stereocenters. The molecule has 0 aliphatic rings. The van der Waals surface area contributed by atoms with Gasteiger partial charge in [0.05, 0.1) is 6.10 Å². The van der Waals surface area contributed by atoms with Crippen LogP contribution < -0.4 is 0 Å². The van der Waals surface area contributed by atoms with E-state index in [0.29, 0.717) is 6.42 Å². The summed E-state index contributed by atoms with van der Waals surface area (Å²) in [5.74, 6) is -0.675. The van der Waals surface area contributed by atoms with Gasteiger partial charge in [0.15, 0.2) is 0 Å². The molecule has 0 amide bonds. The minimum Gasteiger partial charge on any atom is -0.481 e. The zero-order chi connectivity index (χ0) is 15.8. The molecular formula is C18H34O3. The van der Waals surface area contributed by atoms with Crippen LogP contribution in [-0.4, -0.2) is 22.3 Å². The van der Waals surface area contributed by atoms with Crippen LogP contribution in [-0.2, 0) is 4.79 Å². The van der Waals surface area contributed by atoms with Crippen LogP contribution >= 0.6 is 0 Å². The Bertz CT molecular complexity index is 261. The number of carbonyl (C=O) groups is 1. The summed E-state index contributed by atoms with van der Waals surface area (Å²) in [6.45, 7) is 2.02. The van der Waals surface area contributed by atoms with Crippen molar-refractivity contribution in [2.75, 3.05) is 0 Å². The molecule has 0 aromatic heterocycles. The van der Waals surface area contributed by atoms with Gasteiger partial charge < -0.3 is 10.2 Å². The minimum absolute atomic E-state index is 0.117. The second-order valence-electron chi connectivity index (χ2n) is 5.87. The average molecular weight is 298 g/mol. The molecule has 0 saturated heterocycles. The average Bonchev–Trinajstić information content (AvgIpc) is 2.46. The molecule has 2 N–H and O–H groups in total. The number of aliphatic hydroxyl groups excluding tert-OH is 1. The lowest BCUT2D eigenvalue weighted by Crippen LogP contribution is -2.02. The first kappa shape index (κ1) is 20.2. The van der Waals surface area contributed by atoms with E-state index in [2.05, 4.69) is 12.2 Å². The third kappa shape index (κ3) is 17.1. The maximum absolute atomic E-state index is 10.3. The van der Waals surface area contributed by atoms with Gasteiger partial charge in [-0.25, -0.2) is 0 Å². The summed E-state index contributed by atoms with van der Waals surface area (Å²) in [4.78, 5) is 10.3. The van der Waals surface area contributed by atoms with Crippen LogP contribution in [0.2, 0.25) is 0 Å². The maximum Gasteiger partial charge on any atom is 0.303 e. The van der Waals surface area contributed by atoms with E-state index in [1.165, 1.54) is 32.1 Å². The molecule has 124 valence electrons. The fourth-order valence-corrected chi connectivity index (χ4v) is 2.33. The fraction of sp³-hybridized carbons (Fsp3) is 0.833. The number of carboxylic acid groups (broad SMARTS) is 1. The van der Waals surface area contributed by atoms with Crippen LogP contribution in [0.15, 0.2) is 12.2 Å². The van der Waals surface area contributed by atoms with Gasteiger partial charge in [0, 0.05) is 6.42 Å². The zero-order valence-electron chi connectivity index (χ0n) is 13.7. The zero-order valence-corrected chi connectivity index (χ0v) is 13.7. The van der Waals surface area contributed by atoms with Gasteiger partial charge in [-0.2, -0.15) is 0 Å². The van der Waals surface area contributed by atoms with Crippen LogP contribution in [0.3, 0.4) is 0 Å². The predicted molar refractivity (Wildman–Crippen MR) is 88.5 cm³/mol. The molecule has 0 heterocycles. The van der Waals surface area contributed by atoms with Crippen molar-refractivity contribution in [3.05, 3.63) is 12.2 Å². The molecule has 0 fully saturated rings. The van der Waals surface area contributed by atoms with Gasteiger partial charge in [0.1, 0.15) is 0 Å². The van der Waals surface area contributed by atoms with Crippen molar-refractivity contribution in [1.82, 2.24) is 0 Å². The number of carboxylic acids is 1. The van der Waals surface area contributed by atoms with Crippen molar-refractivity contribution in [1.29, 1.82) is 0 Å². The number of aliphatic hydroxyl groups is 1. The highest BCUT2D eigenvalue weighted by atomic mass is 16.4. The van der Waals surface area contributed by atoms with Crippen LogP contribution in [0.5, 0.6) is 0 Å². The Balaban J connectivity index is 3.13. The van der Waals surface area contributed by atoms with Gasteiger partial charge in [0.25, 0.3) is 0 Å². The molecule has 0 aromatic rings. The Morgan fingerprint density at radius 2 is 1.43 bits per heavy atom. The Hall–Kier alpha value is -0.830. The van der Waals surface area contributed by atoms with Gasteiger partial charge >= 0.3 is 5.97 Å². The van der Waals surface area contributed by atoms with Crippen molar-refractivity contribution in [3.8, 4) is 0 Å². The molecule has 0 saturated carbocycles. The maximum atomic E-state index is 10.3. The smallest absolute Gasteiger partial charge is 0.303 e. The Kier molecular flexibility index (Phi) is 14.9. The molecule has 0 aliphatic carbocycles. The lowest BCUT2D eigenvalue weighted by Gasteiger charge is -2.04. The topological polar surface area (TPSA) is 57.5 Å². The lowest BCUT2D eigenvalue weighted by atomic mass is 10.1. The predicted octanol–water partition coefficient (Wildman–Crippen LogP) is 5.08. The fourth-order valence-electron chi connectivity index (χ4n) is 2.33. The summed E-state index contributed by atoms with van der Waals surface area (Å²) in [5, 5.41) is 17.9. The number of allylic oxidation sites excluding steroid dienone is 2. The van der Waals surface area contributed by atoms with Crippen molar-refractivity contribution in [2.45, 2.75) is 96.5 Å². The highest BCUT2D eigenvalue weighted by molar-refractivity contribution is 5.66. The van der Waals surface area contributed by atoms with Crippen molar-refractivity contribution in [2.24, 2.45) is 0 Å². The largest absolute Gasteiger partial charge is 0.481 e. The molecule has 0 spiro atoms. The molecule has 0 rings (SSSR count). The third-order valence-corrected chi connectivity index (χ3v) is 3.81. The molecule has 0 radical (unpaired) electrons. The number of unbranched alkanes of at least 4 members (excludes halogenated alkanes) is 8. The lowest BCUT2D eigenvalue weighted by molar-refractivity contribution is -0.137. The normalized spacial score (nSPS) is 12.9. The quantitative estimate of drug-likeness (QED) is 0.327. The van der Waals surface area contributed by atoms with E-state index >= 15 is 0 Å². The SMILES string of the molecule is CCC(O)CCC/C=C/CCCCCCCCCC(=O)O. The molecule has 0 aliphatic heterocycles. The van der Waals surface area contributed by atoms with Gasteiger partial charge in [0.2, 0.25) is 0 Å². The molecule has 3 nitrogen and oxygen atoms in total. The molecule has 21 heavy (non-hydrogen) atoms. The monoisotopic (exact) mass is 298 g/mol. The second kappa shape index (κ2) is 15.6. The van der Waals surface area contributed by atoms with E-state index in [1.807, 2.05) is 6.92 Å². The number of hydrogen-bond donors (Lipinski definition) is 2. The van der Waals surface area contributed by atoms with Crippen molar-refractivity contribution < 1.29 is 15.0 Å². The van der Waals surface area contributed by atoms with Crippen LogP contribution in [0, 0.1) is 0 Å². The van der Waals surface area contributed by atoms with E-state index in [-0.39, 0.29) is 6.10 Å². The Morgan fingerprint density at radius 3 is 2.00 bits per heavy atom. The summed E-state index contributed by atoms with van der Waals surface area (Å²) in [7, 11) is 0. The number of aliphatic carboxylic acids is 1.